The predicted molar refractivity (Wildman–Crippen MR) is 139 cm³/mol. The topological polar surface area (TPSA) is 92.9 Å². The number of rotatable bonds is 7. The molecule has 5 rings (SSSR count). The number of piperidine rings is 1. The number of hydrogen-bond donors (Lipinski definition) is 0. The van der Waals surface area contributed by atoms with Crippen LogP contribution in [0.15, 0.2) is 70.2 Å². The van der Waals surface area contributed by atoms with Gasteiger partial charge >= 0.3 is 0 Å². The summed E-state index contributed by atoms with van der Waals surface area (Å²) in [5.41, 5.74) is 1.09. The molecule has 4 aromatic rings. The Morgan fingerprint density at radius 1 is 1.17 bits per heavy atom. The lowest BCUT2D eigenvalue weighted by molar-refractivity contribution is 0.0983. The molecule has 8 nitrogen and oxygen atoms in total. The van der Waals surface area contributed by atoms with Crippen LogP contribution in [0.5, 0.6) is 5.75 Å². The number of nitrogens with zero attached hydrogens (tertiary/aromatic N) is 3. The lowest BCUT2D eigenvalue weighted by Gasteiger charge is -2.29. The standard InChI is InChI=1S/C26H27N3O5S2/c1-18-11-13-28(14-12-18)36(31,32)22-8-5-19(6-9-22)25(30)29(17-21-4-3-15-34-21)26-27-23-16-20(33-2)7-10-24(23)35-26/h3-10,15-16,18H,11-14,17H2,1-2H3. The lowest BCUT2D eigenvalue weighted by Crippen LogP contribution is -2.37. The minimum absolute atomic E-state index is 0.189. The number of ether oxygens (including phenoxy) is 1. The molecule has 2 aromatic heterocycles. The van der Waals surface area contributed by atoms with Crippen LogP contribution in [0.2, 0.25) is 0 Å². The maximum absolute atomic E-state index is 13.6. The molecule has 188 valence electrons. The fourth-order valence-electron chi connectivity index (χ4n) is 4.22. The van der Waals surface area contributed by atoms with Crippen LogP contribution < -0.4 is 9.64 Å². The third-order valence-electron chi connectivity index (χ3n) is 6.44. The number of aromatic nitrogens is 1. The Labute approximate surface area is 214 Å². The molecular formula is C26H27N3O5S2. The van der Waals surface area contributed by atoms with Crippen molar-refractivity contribution in [3.63, 3.8) is 0 Å². The van der Waals surface area contributed by atoms with Crippen LogP contribution >= 0.6 is 11.3 Å². The van der Waals surface area contributed by atoms with Gasteiger partial charge in [-0.25, -0.2) is 13.4 Å². The van der Waals surface area contributed by atoms with E-state index in [9.17, 15) is 13.2 Å². The molecule has 2 aromatic carbocycles. The summed E-state index contributed by atoms with van der Waals surface area (Å²) in [5, 5.41) is 0.513. The number of amides is 1. The number of carbonyl (C=O) groups is 1. The molecule has 0 radical (unpaired) electrons. The molecule has 0 bridgehead atoms. The Morgan fingerprint density at radius 2 is 1.92 bits per heavy atom. The van der Waals surface area contributed by atoms with Crippen molar-refractivity contribution in [2.45, 2.75) is 31.2 Å². The Morgan fingerprint density at radius 3 is 2.58 bits per heavy atom. The molecule has 1 aliphatic rings. The second-order valence-corrected chi connectivity index (χ2v) is 11.9. The fraction of sp³-hybridized carbons (Fsp3) is 0.308. The van der Waals surface area contributed by atoms with E-state index in [1.165, 1.54) is 27.8 Å². The summed E-state index contributed by atoms with van der Waals surface area (Å²) in [6, 6.07) is 15.3. The van der Waals surface area contributed by atoms with Crippen LogP contribution in [-0.2, 0) is 16.6 Å². The fourth-order valence-corrected chi connectivity index (χ4v) is 6.64. The normalized spacial score (nSPS) is 15.3. The van der Waals surface area contributed by atoms with E-state index in [2.05, 4.69) is 11.9 Å². The molecule has 1 fully saturated rings. The van der Waals surface area contributed by atoms with E-state index in [0.29, 0.717) is 41.2 Å². The first kappa shape index (κ1) is 24.5. The SMILES string of the molecule is COc1ccc2sc(N(Cc3ccco3)C(=O)c3ccc(S(=O)(=O)N4CCC(C)CC4)cc3)nc2c1. The molecule has 0 aliphatic carbocycles. The summed E-state index contributed by atoms with van der Waals surface area (Å²) < 4.78 is 39.4. The van der Waals surface area contributed by atoms with E-state index >= 15 is 0 Å². The highest BCUT2D eigenvalue weighted by Crippen LogP contribution is 2.33. The minimum atomic E-state index is -3.59. The maximum Gasteiger partial charge on any atom is 0.260 e. The monoisotopic (exact) mass is 525 g/mol. The Balaban J connectivity index is 1.44. The molecule has 1 aliphatic heterocycles. The number of furan rings is 1. The maximum atomic E-state index is 13.6. The third kappa shape index (κ3) is 4.88. The van der Waals surface area contributed by atoms with Crippen LogP contribution in [0.4, 0.5) is 5.13 Å². The summed E-state index contributed by atoms with van der Waals surface area (Å²) in [6.07, 6.45) is 3.26. The highest BCUT2D eigenvalue weighted by molar-refractivity contribution is 7.89. The molecule has 1 amide bonds. The Hall–Kier alpha value is -3.21. The molecule has 36 heavy (non-hydrogen) atoms. The van der Waals surface area contributed by atoms with Gasteiger partial charge in [0.05, 0.1) is 35.0 Å². The molecule has 0 unspecified atom stereocenters. The number of thiazole rings is 1. The zero-order valence-corrected chi connectivity index (χ0v) is 21.7. The number of carbonyl (C=O) groups excluding carboxylic acids is 1. The van der Waals surface area contributed by atoms with Crippen molar-refractivity contribution in [1.29, 1.82) is 0 Å². The van der Waals surface area contributed by atoms with Crippen molar-refractivity contribution in [2.75, 3.05) is 25.1 Å². The first-order valence-electron chi connectivity index (χ1n) is 11.7. The van der Waals surface area contributed by atoms with Gasteiger partial charge in [-0.1, -0.05) is 18.3 Å². The highest BCUT2D eigenvalue weighted by Gasteiger charge is 2.29. The quantitative estimate of drug-likeness (QED) is 0.331. The van der Waals surface area contributed by atoms with Gasteiger partial charge in [-0.2, -0.15) is 4.31 Å². The molecule has 0 spiro atoms. The van der Waals surface area contributed by atoms with Crippen molar-refractivity contribution >= 4 is 42.6 Å². The largest absolute Gasteiger partial charge is 0.497 e. The Kier molecular flexibility index (Phi) is 6.83. The van der Waals surface area contributed by atoms with Crippen molar-refractivity contribution in [3.8, 4) is 5.75 Å². The summed E-state index contributed by atoms with van der Waals surface area (Å²) in [7, 11) is -2.00. The molecular weight excluding hydrogens is 498 g/mol. The van der Waals surface area contributed by atoms with E-state index in [-0.39, 0.29) is 17.3 Å². The van der Waals surface area contributed by atoms with E-state index in [1.54, 1.807) is 42.5 Å². The molecule has 0 N–H and O–H groups in total. The van der Waals surface area contributed by atoms with Gasteiger partial charge in [0.25, 0.3) is 5.91 Å². The summed E-state index contributed by atoms with van der Waals surface area (Å²) >= 11 is 1.39. The number of fused-ring (bicyclic) bond motifs is 1. The molecule has 10 heteroatoms. The zero-order valence-electron chi connectivity index (χ0n) is 20.1. The van der Waals surface area contributed by atoms with Crippen LogP contribution in [0, 0.1) is 5.92 Å². The number of anilines is 1. The van der Waals surface area contributed by atoms with Gasteiger partial charge in [-0.15, -0.1) is 0 Å². The van der Waals surface area contributed by atoms with Gasteiger partial charge in [0.15, 0.2) is 5.13 Å². The summed E-state index contributed by atoms with van der Waals surface area (Å²) in [4.78, 5) is 20.0. The van der Waals surface area contributed by atoms with Crippen LogP contribution in [0.1, 0.15) is 35.9 Å². The summed E-state index contributed by atoms with van der Waals surface area (Å²) in [5.74, 6) is 1.52. The van der Waals surface area contributed by atoms with Crippen molar-refractivity contribution in [1.82, 2.24) is 9.29 Å². The van der Waals surface area contributed by atoms with Gasteiger partial charge in [-0.3, -0.25) is 9.69 Å². The third-order valence-corrected chi connectivity index (χ3v) is 9.41. The van der Waals surface area contributed by atoms with E-state index < -0.39 is 10.0 Å². The van der Waals surface area contributed by atoms with Crippen molar-refractivity contribution in [3.05, 3.63) is 72.2 Å². The Bertz CT molecular complexity index is 1460. The van der Waals surface area contributed by atoms with Gasteiger partial charge < -0.3 is 9.15 Å². The van der Waals surface area contributed by atoms with Crippen LogP contribution in [0.25, 0.3) is 10.2 Å². The first-order valence-corrected chi connectivity index (χ1v) is 14.0. The minimum Gasteiger partial charge on any atom is -0.497 e. The first-order chi connectivity index (χ1) is 17.3. The zero-order chi connectivity index (χ0) is 25.3. The highest BCUT2D eigenvalue weighted by atomic mass is 32.2. The second kappa shape index (κ2) is 10.0. The number of methoxy groups -OCH3 is 1. The van der Waals surface area contributed by atoms with E-state index in [0.717, 1.165) is 23.1 Å². The molecule has 1 saturated heterocycles. The number of benzene rings is 2. The van der Waals surface area contributed by atoms with Gasteiger partial charge in [-0.05, 0) is 67.3 Å². The van der Waals surface area contributed by atoms with E-state index in [1.807, 2.05) is 18.2 Å². The summed E-state index contributed by atoms with van der Waals surface area (Å²) in [6.45, 7) is 3.36. The smallest absolute Gasteiger partial charge is 0.260 e. The molecule has 3 heterocycles. The van der Waals surface area contributed by atoms with E-state index in [4.69, 9.17) is 9.15 Å². The number of hydrogen-bond acceptors (Lipinski definition) is 7. The van der Waals surface area contributed by atoms with Crippen LogP contribution in [0.3, 0.4) is 0 Å². The van der Waals surface area contributed by atoms with Crippen molar-refractivity contribution < 1.29 is 22.4 Å². The van der Waals surface area contributed by atoms with Crippen molar-refractivity contribution in [2.24, 2.45) is 5.92 Å². The van der Waals surface area contributed by atoms with Gasteiger partial charge in [0.2, 0.25) is 10.0 Å². The molecule has 0 atom stereocenters. The average molecular weight is 526 g/mol. The average Bonchev–Trinajstić information content (AvgIpc) is 3.56. The predicted octanol–water partition coefficient (Wildman–Crippen LogP) is 5.17. The molecule has 0 saturated carbocycles. The number of sulfonamides is 1. The lowest BCUT2D eigenvalue weighted by atomic mass is 10.0. The second-order valence-electron chi connectivity index (χ2n) is 8.91. The van der Waals surface area contributed by atoms with Gasteiger partial charge in [0.1, 0.15) is 11.5 Å². The van der Waals surface area contributed by atoms with Crippen LogP contribution in [-0.4, -0.2) is 43.8 Å². The van der Waals surface area contributed by atoms with Gasteiger partial charge in [0, 0.05) is 24.7 Å².